The summed E-state index contributed by atoms with van der Waals surface area (Å²) in [6.07, 6.45) is -1.47. The molecule has 2 unspecified atom stereocenters. The lowest BCUT2D eigenvalue weighted by molar-refractivity contribution is -0.102. The van der Waals surface area contributed by atoms with Crippen LogP contribution in [0.4, 0.5) is 0 Å². The Morgan fingerprint density at radius 1 is 1.24 bits per heavy atom. The van der Waals surface area contributed by atoms with Crippen LogP contribution in [0.15, 0.2) is 0 Å². The van der Waals surface area contributed by atoms with E-state index in [9.17, 15) is 15.3 Å². The van der Waals surface area contributed by atoms with Crippen LogP contribution in [0.5, 0.6) is 0 Å². The minimum absolute atomic E-state index is 0.103. The van der Waals surface area contributed by atoms with Gasteiger partial charge in [0.25, 0.3) is 0 Å². The van der Waals surface area contributed by atoms with Crippen LogP contribution >= 0.6 is 0 Å². The molecule has 0 aromatic carbocycles. The van der Waals surface area contributed by atoms with Gasteiger partial charge in [-0.3, -0.25) is 4.90 Å². The van der Waals surface area contributed by atoms with Crippen molar-refractivity contribution in [2.45, 2.75) is 50.7 Å². The fraction of sp³-hybridized carbons (Fsp3) is 1.00. The number of aliphatic hydroxyl groups excluding tert-OH is 3. The summed E-state index contributed by atoms with van der Waals surface area (Å²) in [5.41, 5.74) is 0. The minimum Gasteiger partial charge on any atom is -0.391 e. The first-order valence-corrected chi connectivity index (χ1v) is 6.52. The van der Waals surface area contributed by atoms with E-state index in [-0.39, 0.29) is 12.1 Å². The molecule has 0 bridgehead atoms. The van der Waals surface area contributed by atoms with E-state index in [0.717, 1.165) is 13.1 Å². The lowest BCUT2D eigenvalue weighted by atomic mass is 9.91. The van der Waals surface area contributed by atoms with Gasteiger partial charge in [-0.2, -0.15) is 0 Å². The Bertz CT molecular complexity index is 262. The van der Waals surface area contributed by atoms with Gasteiger partial charge in [0, 0.05) is 19.1 Å². The van der Waals surface area contributed by atoms with E-state index in [2.05, 4.69) is 24.1 Å². The smallest absolute Gasteiger partial charge is 0.0994 e. The van der Waals surface area contributed by atoms with Crippen LogP contribution in [0.2, 0.25) is 0 Å². The third-order valence-corrected chi connectivity index (χ3v) is 3.86. The molecule has 0 saturated carbocycles. The molecule has 0 aromatic rings. The molecule has 0 radical (unpaired) electrons. The van der Waals surface area contributed by atoms with E-state index in [4.69, 9.17) is 0 Å². The van der Waals surface area contributed by atoms with Gasteiger partial charge < -0.3 is 20.6 Å². The predicted molar refractivity (Wildman–Crippen MR) is 64.6 cm³/mol. The normalized spacial score (nSPS) is 43.1. The highest BCUT2D eigenvalue weighted by molar-refractivity contribution is 5.03. The molecule has 0 aliphatic carbocycles. The SMILES string of the molecule is CC(C)CNC1CN2CCC(O)[C@@H]2[C@@H](O)[C@@H]1O. The van der Waals surface area contributed by atoms with Crippen molar-refractivity contribution in [3.05, 3.63) is 0 Å². The summed E-state index contributed by atoms with van der Waals surface area (Å²) in [6.45, 7) is 6.56. The van der Waals surface area contributed by atoms with Gasteiger partial charge in [0.05, 0.1) is 24.4 Å². The predicted octanol–water partition coefficient (Wildman–Crippen LogP) is -1.23. The third kappa shape index (κ3) is 2.63. The second-order valence-corrected chi connectivity index (χ2v) is 5.73. The summed E-state index contributed by atoms with van der Waals surface area (Å²) in [5, 5.41) is 33.2. The van der Waals surface area contributed by atoms with Gasteiger partial charge in [-0.15, -0.1) is 0 Å². The van der Waals surface area contributed by atoms with Gasteiger partial charge in [0.2, 0.25) is 0 Å². The number of nitrogens with zero attached hydrogens (tertiary/aromatic N) is 1. The Labute approximate surface area is 102 Å². The summed E-state index contributed by atoms with van der Waals surface area (Å²) < 4.78 is 0. The molecule has 2 fully saturated rings. The van der Waals surface area contributed by atoms with Crippen LogP contribution in [-0.2, 0) is 0 Å². The molecule has 4 N–H and O–H groups in total. The number of aliphatic hydroxyl groups is 3. The zero-order valence-corrected chi connectivity index (χ0v) is 10.6. The Balaban J connectivity index is 1.98. The van der Waals surface area contributed by atoms with Crippen molar-refractivity contribution in [3.63, 3.8) is 0 Å². The van der Waals surface area contributed by atoms with E-state index in [1.54, 1.807) is 0 Å². The van der Waals surface area contributed by atoms with Gasteiger partial charge in [-0.1, -0.05) is 13.8 Å². The van der Waals surface area contributed by atoms with Crippen LogP contribution < -0.4 is 5.32 Å². The Morgan fingerprint density at radius 2 is 1.94 bits per heavy atom. The topological polar surface area (TPSA) is 76.0 Å². The summed E-state index contributed by atoms with van der Waals surface area (Å²) in [4.78, 5) is 2.08. The molecule has 0 aromatic heterocycles. The lowest BCUT2D eigenvalue weighted by Crippen LogP contribution is -2.65. The second kappa shape index (κ2) is 5.20. The third-order valence-electron chi connectivity index (χ3n) is 3.86. The molecule has 2 rings (SSSR count). The van der Waals surface area contributed by atoms with Crippen molar-refractivity contribution in [2.24, 2.45) is 5.92 Å². The van der Waals surface area contributed by atoms with Crippen molar-refractivity contribution in [1.29, 1.82) is 0 Å². The van der Waals surface area contributed by atoms with Crippen LogP contribution in [0.3, 0.4) is 0 Å². The van der Waals surface area contributed by atoms with Gasteiger partial charge in [0.15, 0.2) is 0 Å². The molecule has 100 valence electrons. The first-order chi connectivity index (χ1) is 8.00. The molecular weight excluding hydrogens is 220 g/mol. The largest absolute Gasteiger partial charge is 0.391 e. The van der Waals surface area contributed by atoms with Gasteiger partial charge in [-0.25, -0.2) is 0 Å². The van der Waals surface area contributed by atoms with Crippen LogP contribution in [0.1, 0.15) is 20.3 Å². The average Bonchev–Trinajstić information content (AvgIpc) is 2.63. The van der Waals surface area contributed by atoms with Gasteiger partial charge in [0.1, 0.15) is 0 Å². The summed E-state index contributed by atoms with van der Waals surface area (Å²) in [7, 11) is 0. The number of hydrogen-bond donors (Lipinski definition) is 4. The average molecular weight is 244 g/mol. The van der Waals surface area contributed by atoms with Crippen molar-refractivity contribution >= 4 is 0 Å². The van der Waals surface area contributed by atoms with Crippen LogP contribution in [0.25, 0.3) is 0 Å². The number of hydrogen-bond acceptors (Lipinski definition) is 5. The van der Waals surface area contributed by atoms with Crippen molar-refractivity contribution < 1.29 is 15.3 Å². The van der Waals surface area contributed by atoms with Crippen molar-refractivity contribution in [2.75, 3.05) is 19.6 Å². The zero-order valence-electron chi connectivity index (χ0n) is 10.6. The Hall–Kier alpha value is -0.200. The molecule has 0 spiro atoms. The summed E-state index contributed by atoms with van der Waals surface area (Å²) >= 11 is 0. The maximum Gasteiger partial charge on any atom is 0.0994 e. The molecule has 5 nitrogen and oxygen atoms in total. The standard InChI is InChI=1S/C12H24N2O3/c1-7(2)5-13-8-6-14-4-3-9(15)10(14)12(17)11(8)16/h7-13,15-17H,3-6H2,1-2H3/t8?,9?,10-,11-,12-/m1/s1. The number of piperidine rings is 1. The van der Waals surface area contributed by atoms with E-state index in [0.29, 0.717) is 18.9 Å². The first-order valence-electron chi connectivity index (χ1n) is 6.52. The lowest BCUT2D eigenvalue weighted by Gasteiger charge is -2.43. The van der Waals surface area contributed by atoms with Crippen LogP contribution in [0, 0.1) is 5.92 Å². The Morgan fingerprint density at radius 3 is 2.59 bits per heavy atom. The summed E-state index contributed by atoms with van der Waals surface area (Å²) in [5.74, 6) is 0.515. The first kappa shape index (κ1) is 13.2. The second-order valence-electron chi connectivity index (χ2n) is 5.73. The molecule has 17 heavy (non-hydrogen) atoms. The van der Waals surface area contributed by atoms with Crippen molar-refractivity contribution in [3.8, 4) is 0 Å². The van der Waals surface area contributed by atoms with Gasteiger partial charge >= 0.3 is 0 Å². The molecule has 5 heteroatoms. The maximum absolute atomic E-state index is 10.1. The van der Waals surface area contributed by atoms with E-state index in [1.165, 1.54) is 0 Å². The summed E-state index contributed by atoms with van der Waals surface area (Å²) in [6, 6.07) is -0.393. The van der Waals surface area contributed by atoms with Crippen molar-refractivity contribution in [1.82, 2.24) is 10.2 Å². The van der Waals surface area contributed by atoms with E-state index < -0.39 is 18.3 Å². The van der Waals surface area contributed by atoms with E-state index >= 15 is 0 Å². The molecule has 5 atom stereocenters. The highest BCUT2D eigenvalue weighted by Crippen LogP contribution is 2.28. The molecule has 0 amide bonds. The molecular formula is C12H24N2O3. The van der Waals surface area contributed by atoms with Gasteiger partial charge in [-0.05, 0) is 18.9 Å². The highest BCUT2D eigenvalue weighted by atomic mass is 16.3. The fourth-order valence-electron chi connectivity index (χ4n) is 2.89. The zero-order chi connectivity index (χ0) is 12.6. The molecule has 2 saturated heterocycles. The van der Waals surface area contributed by atoms with E-state index in [1.807, 2.05) is 0 Å². The highest BCUT2D eigenvalue weighted by Gasteiger charge is 2.47. The maximum atomic E-state index is 10.1. The fourth-order valence-corrected chi connectivity index (χ4v) is 2.89. The quantitative estimate of drug-likeness (QED) is 0.500. The molecule has 2 aliphatic heterocycles. The molecule has 2 heterocycles. The Kier molecular flexibility index (Phi) is 4.05. The van der Waals surface area contributed by atoms with Crippen LogP contribution in [-0.4, -0.2) is 70.2 Å². The number of nitrogens with one attached hydrogen (secondary N) is 1. The monoisotopic (exact) mass is 244 g/mol. The molecule has 2 aliphatic rings. The number of fused-ring (bicyclic) bond motifs is 1. The minimum atomic E-state index is -0.856. The number of rotatable bonds is 3.